The Kier molecular flexibility index (Phi) is 17.3. The molecule has 0 radical (unpaired) electrons. The van der Waals surface area contributed by atoms with E-state index >= 15 is 0 Å². The summed E-state index contributed by atoms with van der Waals surface area (Å²) in [5.74, 6) is -2.32. The predicted octanol–water partition coefficient (Wildman–Crippen LogP) is 4.47. The third kappa shape index (κ3) is 17.6. The number of aliphatic carboxylic acids is 1. The number of nitrogens with two attached hydrogens (primary N) is 1. The number of primary amides is 1. The van der Waals surface area contributed by atoms with Gasteiger partial charge >= 0.3 is 5.97 Å². The van der Waals surface area contributed by atoms with E-state index < -0.39 is 17.9 Å². The number of carboxylic acid groups (broad SMARTS) is 1. The zero-order chi connectivity index (χ0) is 21.0. The number of carbonyl (C=O) groups is 3. The largest absolute Gasteiger partial charge is 0.480 e. The lowest BCUT2D eigenvalue weighted by molar-refractivity contribution is -0.143. The fourth-order valence-electron chi connectivity index (χ4n) is 3.02. The van der Waals surface area contributed by atoms with E-state index in [-0.39, 0.29) is 18.7 Å². The molecule has 6 heteroatoms. The Labute approximate surface area is 170 Å². The minimum Gasteiger partial charge on any atom is -0.480 e. The van der Waals surface area contributed by atoms with Crippen molar-refractivity contribution >= 4 is 17.8 Å². The Morgan fingerprint density at radius 1 is 0.857 bits per heavy atom. The molecule has 0 aliphatic rings. The second kappa shape index (κ2) is 18.5. The summed E-state index contributed by atoms with van der Waals surface area (Å²) in [6.07, 6.45) is 19.9. The molecule has 28 heavy (non-hydrogen) atoms. The van der Waals surface area contributed by atoms with Crippen molar-refractivity contribution in [1.29, 1.82) is 0 Å². The number of rotatable bonds is 19. The zero-order valence-corrected chi connectivity index (χ0v) is 17.6. The van der Waals surface area contributed by atoms with Crippen LogP contribution in [0.2, 0.25) is 0 Å². The Morgan fingerprint density at radius 2 is 1.36 bits per heavy atom. The van der Waals surface area contributed by atoms with E-state index in [1.165, 1.54) is 51.4 Å². The number of unbranched alkanes of at least 4 members (excludes halogenated alkanes) is 11. The van der Waals surface area contributed by atoms with Crippen LogP contribution in [0.15, 0.2) is 12.2 Å². The lowest BCUT2D eigenvalue weighted by Gasteiger charge is -2.12. The van der Waals surface area contributed by atoms with E-state index in [0.717, 1.165) is 32.1 Å². The third-order valence-electron chi connectivity index (χ3n) is 4.70. The third-order valence-corrected chi connectivity index (χ3v) is 4.70. The first-order chi connectivity index (χ1) is 13.5. The molecule has 0 rings (SSSR count). The Morgan fingerprint density at radius 3 is 1.86 bits per heavy atom. The van der Waals surface area contributed by atoms with Crippen LogP contribution in [0.4, 0.5) is 0 Å². The van der Waals surface area contributed by atoms with Gasteiger partial charge in [0.1, 0.15) is 6.04 Å². The van der Waals surface area contributed by atoms with Crippen LogP contribution in [0.5, 0.6) is 0 Å². The fraction of sp³-hybridized carbons (Fsp3) is 0.773. The summed E-state index contributed by atoms with van der Waals surface area (Å²) < 4.78 is 0. The average Bonchev–Trinajstić information content (AvgIpc) is 2.64. The van der Waals surface area contributed by atoms with Crippen molar-refractivity contribution in [1.82, 2.24) is 5.32 Å². The van der Waals surface area contributed by atoms with E-state index in [9.17, 15) is 14.4 Å². The molecular formula is C22H40N2O4. The molecule has 0 saturated heterocycles. The Hall–Kier alpha value is -1.85. The minimum absolute atomic E-state index is 0.278. The first kappa shape index (κ1) is 26.1. The van der Waals surface area contributed by atoms with E-state index in [1.807, 2.05) is 0 Å². The van der Waals surface area contributed by atoms with E-state index in [2.05, 4.69) is 24.4 Å². The van der Waals surface area contributed by atoms with Gasteiger partial charge in [-0.15, -0.1) is 0 Å². The lowest BCUT2D eigenvalue weighted by atomic mass is 10.1. The average molecular weight is 397 g/mol. The predicted molar refractivity (Wildman–Crippen MR) is 113 cm³/mol. The molecule has 0 heterocycles. The molecule has 0 aliphatic carbocycles. The van der Waals surface area contributed by atoms with Crippen LogP contribution in [0, 0.1) is 0 Å². The number of nitrogens with one attached hydrogen (secondary N) is 1. The number of hydrogen-bond donors (Lipinski definition) is 3. The molecule has 0 spiro atoms. The zero-order valence-electron chi connectivity index (χ0n) is 17.6. The van der Waals surface area contributed by atoms with Crippen LogP contribution < -0.4 is 11.1 Å². The normalized spacial score (nSPS) is 12.2. The van der Waals surface area contributed by atoms with Crippen LogP contribution in [0.3, 0.4) is 0 Å². The van der Waals surface area contributed by atoms with Gasteiger partial charge in [0, 0.05) is 6.42 Å². The molecule has 6 nitrogen and oxygen atoms in total. The molecular weight excluding hydrogens is 356 g/mol. The number of allylic oxidation sites excluding steroid dienone is 2. The van der Waals surface area contributed by atoms with Crippen molar-refractivity contribution in [2.45, 2.75) is 109 Å². The highest BCUT2D eigenvalue weighted by molar-refractivity contribution is 5.88. The number of carbonyl (C=O) groups excluding carboxylic acids is 2. The molecule has 4 N–H and O–H groups in total. The highest BCUT2D eigenvalue weighted by atomic mass is 16.4. The summed E-state index contributed by atoms with van der Waals surface area (Å²) in [7, 11) is 0. The standard InChI is InChI=1S/C22H40N2O4/c1-2-3-4-5-6-7-8-9-10-11-12-13-14-15-16-17-21(26)24-19(22(27)28)18-20(23)25/h9-10,19H,2-8,11-18H2,1H3,(H2,23,25)(H,24,26)(H,27,28)/b10-9-. The SMILES string of the molecule is CCCCCCCC/C=C\CCCCCCCC(=O)NC(CC(N)=O)C(=O)O. The van der Waals surface area contributed by atoms with Gasteiger partial charge in [-0.3, -0.25) is 9.59 Å². The summed E-state index contributed by atoms with van der Waals surface area (Å²) >= 11 is 0. The Bertz CT molecular complexity index is 463. The van der Waals surface area contributed by atoms with Crippen LogP contribution in [0.25, 0.3) is 0 Å². The maximum atomic E-state index is 11.7. The quantitative estimate of drug-likeness (QED) is 0.221. The number of hydrogen-bond acceptors (Lipinski definition) is 3. The van der Waals surface area contributed by atoms with Crippen molar-refractivity contribution in [3.05, 3.63) is 12.2 Å². The van der Waals surface area contributed by atoms with Crippen LogP contribution >= 0.6 is 0 Å². The lowest BCUT2D eigenvalue weighted by Crippen LogP contribution is -2.43. The second-order valence-electron chi connectivity index (χ2n) is 7.46. The van der Waals surface area contributed by atoms with Gasteiger partial charge in [-0.1, -0.05) is 70.4 Å². The summed E-state index contributed by atoms with van der Waals surface area (Å²) in [5.41, 5.74) is 4.98. The van der Waals surface area contributed by atoms with Crippen LogP contribution in [-0.2, 0) is 14.4 Å². The van der Waals surface area contributed by atoms with Gasteiger partial charge in [0.15, 0.2) is 0 Å². The molecule has 0 aromatic rings. The van der Waals surface area contributed by atoms with Crippen molar-refractivity contribution < 1.29 is 19.5 Å². The second-order valence-corrected chi connectivity index (χ2v) is 7.46. The minimum atomic E-state index is -1.24. The van der Waals surface area contributed by atoms with Crippen molar-refractivity contribution in [2.75, 3.05) is 0 Å². The molecule has 0 aromatic carbocycles. The summed E-state index contributed by atoms with van der Waals surface area (Å²) in [5, 5.41) is 11.3. The molecule has 0 saturated carbocycles. The van der Waals surface area contributed by atoms with Gasteiger partial charge < -0.3 is 16.2 Å². The molecule has 0 fully saturated rings. The number of carboxylic acids is 1. The molecule has 0 aliphatic heterocycles. The Balaban J connectivity index is 3.51. The topological polar surface area (TPSA) is 109 Å². The fourth-order valence-corrected chi connectivity index (χ4v) is 3.02. The van der Waals surface area contributed by atoms with E-state index in [1.54, 1.807) is 0 Å². The molecule has 1 atom stereocenters. The van der Waals surface area contributed by atoms with Crippen LogP contribution in [-0.4, -0.2) is 28.9 Å². The smallest absolute Gasteiger partial charge is 0.326 e. The van der Waals surface area contributed by atoms with Gasteiger partial charge in [0.2, 0.25) is 11.8 Å². The first-order valence-electron chi connectivity index (χ1n) is 10.9. The maximum Gasteiger partial charge on any atom is 0.326 e. The van der Waals surface area contributed by atoms with Gasteiger partial charge in [-0.05, 0) is 32.1 Å². The summed E-state index contributed by atoms with van der Waals surface area (Å²) in [4.78, 5) is 33.5. The monoisotopic (exact) mass is 396 g/mol. The van der Waals surface area contributed by atoms with Crippen molar-refractivity contribution in [2.24, 2.45) is 5.73 Å². The van der Waals surface area contributed by atoms with Gasteiger partial charge in [-0.2, -0.15) is 0 Å². The van der Waals surface area contributed by atoms with Gasteiger partial charge in [0.05, 0.1) is 6.42 Å². The molecule has 0 aromatic heterocycles. The highest BCUT2D eigenvalue weighted by Gasteiger charge is 2.21. The van der Waals surface area contributed by atoms with E-state index in [0.29, 0.717) is 0 Å². The van der Waals surface area contributed by atoms with Crippen LogP contribution in [0.1, 0.15) is 103 Å². The van der Waals surface area contributed by atoms with Gasteiger partial charge in [-0.25, -0.2) is 4.79 Å². The van der Waals surface area contributed by atoms with E-state index in [4.69, 9.17) is 10.8 Å². The summed E-state index contributed by atoms with van der Waals surface area (Å²) in [6.45, 7) is 2.24. The van der Waals surface area contributed by atoms with Gasteiger partial charge in [0.25, 0.3) is 0 Å². The molecule has 2 amide bonds. The maximum absolute atomic E-state index is 11.7. The van der Waals surface area contributed by atoms with Crippen molar-refractivity contribution in [3.8, 4) is 0 Å². The molecule has 0 bridgehead atoms. The highest BCUT2D eigenvalue weighted by Crippen LogP contribution is 2.10. The number of amides is 2. The first-order valence-corrected chi connectivity index (χ1v) is 10.9. The molecule has 162 valence electrons. The van der Waals surface area contributed by atoms with Crippen molar-refractivity contribution in [3.63, 3.8) is 0 Å². The summed E-state index contributed by atoms with van der Waals surface area (Å²) in [6, 6.07) is -1.23. The molecule has 1 unspecified atom stereocenters.